The highest BCUT2D eigenvalue weighted by Gasteiger charge is 2.14. The number of rotatable bonds is 2. The van der Waals surface area contributed by atoms with Gasteiger partial charge >= 0.3 is 5.76 Å². The second kappa shape index (κ2) is 3.51. The summed E-state index contributed by atoms with van der Waals surface area (Å²) in [4.78, 5) is 14.0. The summed E-state index contributed by atoms with van der Waals surface area (Å²) < 4.78 is 10.2. The third kappa shape index (κ3) is 1.42. The average Bonchev–Trinajstić information content (AvgIpc) is 2.94. The summed E-state index contributed by atoms with van der Waals surface area (Å²) in [5, 5.41) is 6.87. The minimum atomic E-state index is -0.579. The van der Waals surface area contributed by atoms with Crippen LogP contribution in [0.1, 0.15) is 0 Å². The zero-order chi connectivity index (χ0) is 11.8. The van der Waals surface area contributed by atoms with E-state index in [0.29, 0.717) is 11.3 Å². The molecule has 0 aliphatic rings. The number of methoxy groups -OCH3 is 1. The van der Waals surface area contributed by atoms with Crippen molar-refractivity contribution >= 4 is 10.9 Å². The molecule has 6 heteroatoms. The maximum absolute atomic E-state index is 10.9. The molecule has 0 radical (unpaired) electrons. The van der Waals surface area contributed by atoms with Gasteiger partial charge in [0.25, 0.3) is 5.89 Å². The van der Waals surface area contributed by atoms with Crippen LogP contribution in [0, 0.1) is 0 Å². The highest BCUT2D eigenvalue weighted by Crippen LogP contribution is 2.33. The summed E-state index contributed by atoms with van der Waals surface area (Å²) >= 11 is 0. The molecule has 1 aromatic carbocycles. The van der Waals surface area contributed by atoms with Crippen molar-refractivity contribution in [3.63, 3.8) is 0 Å². The minimum absolute atomic E-state index is 0.241. The van der Waals surface area contributed by atoms with Crippen LogP contribution in [0.5, 0.6) is 5.75 Å². The summed E-state index contributed by atoms with van der Waals surface area (Å²) in [5.74, 6) is 0.361. The molecule has 17 heavy (non-hydrogen) atoms. The first-order chi connectivity index (χ1) is 8.29. The van der Waals surface area contributed by atoms with Gasteiger partial charge in [-0.2, -0.15) is 0 Å². The van der Waals surface area contributed by atoms with Crippen LogP contribution in [-0.2, 0) is 0 Å². The second-order valence-electron chi connectivity index (χ2n) is 3.50. The summed E-state index contributed by atoms with van der Waals surface area (Å²) in [6.45, 7) is 0. The van der Waals surface area contributed by atoms with Crippen LogP contribution >= 0.6 is 0 Å². The van der Waals surface area contributed by atoms with E-state index in [0.717, 1.165) is 10.9 Å². The highest BCUT2D eigenvalue weighted by atomic mass is 16.5. The second-order valence-corrected chi connectivity index (χ2v) is 3.50. The Hall–Kier alpha value is -2.50. The number of ether oxygens (including phenoxy) is 1. The Labute approximate surface area is 95.2 Å². The van der Waals surface area contributed by atoms with E-state index in [1.54, 1.807) is 13.3 Å². The van der Waals surface area contributed by atoms with Crippen molar-refractivity contribution in [1.82, 2.24) is 15.2 Å². The molecule has 0 bridgehead atoms. The molecular formula is C11H9N3O3. The maximum atomic E-state index is 10.9. The molecule has 0 saturated carbocycles. The minimum Gasteiger partial charge on any atom is -0.496 e. The highest BCUT2D eigenvalue weighted by molar-refractivity contribution is 5.98. The van der Waals surface area contributed by atoms with Gasteiger partial charge in [0.2, 0.25) is 0 Å². The monoisotopic (exact) mass is 231 g/mol. The first kappa shape index (κ1) is 9.71. The first-order valence-corrected chi connectivity index (χ1v) is 4.99. The summed E-state index contributed by atoms with van der Waals surface area (Å²) in [6, 6.07) is 5.62. The van der Waals surface area contributed by atoms with Gasteiger partial charge in [-0.05, 0) is 12.1 Å². The Morgan fingerprint density at radius 3 is 3.00 bits per heavy atom. The van der Waals surface area contributed by atoms with Gasteiger partial charge < -0.3 is 14.1 Å². The quantitative estimate of drug-likeness (QED) is 0.700. The lowest BCUT2D eigenvalue weighted by Crippen LogP contribution is -1.93. The van der Waals surface area contributed by atoms with Crippen LogP contribution in [-0.4, -0.2) is 22.3 Å². The van der Waals surface area contributed by atoms with Crippen LogP contribution in [0.15, 0.2) is 33.6 Å². The number of benzene rings is 1. The first-order valence-electron chi connectivity index (χ1n) is 4.99. The Balaban J connectivity index is 2.33. The van der Waals surface area contributed by atoms with E-state index < -0.39 is 5.76 Å². The lowest BCUT2D eigenvalue weighted by atomic mass is 10.1. The van der Waals surface area contributed by atoms with E-state index in [9.17, 15) is 4.79 Å². The van der Waals surface area contributed by atoms with Crippen molar-refractivity contribution < 1.29 is 9.15 Å². The van der Waals surface area contributed by atoms with E-state index in [2.05, 4.69) is 15.2 Å². The van der Waals surface area contributed by atoms with Gasteiger partial charge in [0.15, 0.2) is 0 Å². The Kier molecular flexibility index (Phi) is 2.01. The normalized spacial score (nSPS) is 10.9. The number of nitrogens with one attached hydrogen (secondary N) is 2. The number of H-pyrrole nitrogens is 2. The molecular weight excluding hydrogens is 222 g/mol. The van der Waals surface area contributed by atoms with Crippen molar-refractivity contribution in [3.8, 4) is 17.2 Å². The fraction of sp³-hybridized carbons (Fsp3) is 0.0909. The molecule has 86 valence electrons. The third-order valence-electron chi connectivity index (χ3n) is 2.56. The number of hydrogen-bond donors (Lipinski definition) is 2. The van der Waals surface area contributed by atoms with E-state index >= 15 is 0 Å². The van der Waals surface area contributed by atoms with Gasteiger partial charge in [0.1, 0.15) is 5.75 Å². The fourth-order valence-electron chi connectivity index (χ4n) is 1.84. The zero-order valence-corrected chi connectivity index (χ0v) is 8.98. The van der Waals surface area contributed by atoms with Gasteiger partial charge in [-0.3, -0.25) is 0 Å². The zero-order valence-electron chi connectivity index (χ0n) is 8.98. The largest absolute Gasteiger partial charge is 0.496 e. The molecule has 0 atom stereocenters. The van der Waals surface area contributed by atoms with Crippen LogP contribution in [0.4, 0.5) is 0 Å². The Bertz CT molecular complexity index is 723. The molecule has 3 aromatic rings. The van der Waals surface area contributed by atoms with Crippen LogP contribution in [0.2, 0.25) is 0 Å². The fourth-order valence-corrected chi connectivity index (χ4v) is 1.84. The molecule has 2 aromatic heterocycles. The van der Waals surface area contributed by atoms with Gasteiger partial charge in [0.05, 0.1) is 18.1 Å². The molecule has 0 aliphatic heterocycles. The topological polar surface area (TPSA) is 83.9 Å². The SMILES string of the molecule is COc1cccc2[nH]cc(-c3n[nH]c(=O)o3)c12. The van der Waals surface area contributed by atoms with Crippen molar-refractivity contribution in [1.29, 1.82) is 0 Å². The summed E-state index contributed by atoms with van der Waals surface area (Å²) in [7, 11) is 1.59. The van der Waals surface area contributed by atoms with Crippen LogP contribution in [0.3, 0.4) is 0 Å². The third-order valence-corrected chi connectivity index (χ3v) is 2.56. The van der Waals surface area contributed by atoms with E-state index in [1.165, 1.54) is 0 Å². The molecule has 2 N–H and O–H groups in total. The average molecular weight is 231 g/mol. The predicted molar refractivity (Wildman–Crippen MR) is 61.0 cm³/mol. The molecule has 0 aliphatic carbocycles. The smallest absolute Gasteiger partial charge is 0.434 e. The number of nitrogens with zero attached hydrogens (tertiary/aromatic N) is 1. The maximum Gasteiger partial charge on any atom is 0.434 e. The van der Waals surface area contributed by atoms with Crippen LogP contribution < -0.4 is 10.5 Å². The number of aromatic nitrogens is 3. The van der Waals surface area contributed by atoms with E-state index in [4.69, 9.17) is 9.15 Å². The van der Waals surface area contributed by atoms with Gasteiger partial charge in [-0.15, -0.1) is 5.10 Å². The lowest BCUT2D eigenvalue weighted by molar-refractivity contribution is 0.420. The Morgan fingerprint density at radius 2 is 2.29 bits per heavy atom. The molecule has 2 heterocycles. The molecule has 3 rings (SSSR count). The van der Waals surface area contributed by atoms with Crippen molar-refractivity contribution in [2.24, 2.45) is 0 Å². The summed E-state index contributed by atoms with van der Waals surface area (Å²) in [5.41, 5.74) is 1.58. The number of fused-ring (bicyclic) bond motifs is 1. The van der Waals surface area contributed by atoms with E-state index in [1.807, 2.05) is 18.2 Å². The Morgan fingerprint density at radius 1 is 1.41 bits per heavy atom. The molecule has 0 spiro atoms. The van der Waals surface area contributed by atoms with Gasteiger partial charge in [-0.1, -0.05) is 6.07 Å². The predicted octanol–water partition coefficient (Wildman–Crippen LogP) is 1.52. The molecule has 0 unspecified atom stereocenters. The number of aromatic amines is 2. The van der Waals surface area contributed by atoms with Crippen LogP contribution in [0.25, 0.3) is 22.4 Å². The molecule has 0 fully saturated rings. The molecule has 0 saturated heterocycles. The van der Waals surface area contributed by atoms with Crippen molar-refractivity contribution in [3.05, 3.63) is 34.9 Å². The van der Waals surface area contributed by atoms with Gasteiger partial charge in [0, 0.05) is 11.7 Å². The van der Waals surface area contributed by atoms with Crippen molar-refractivity contribution in [2.45, 2.75) is 0 Å². The van der Waals surface area contributed by atoms with E-state index in [-0.39, 0.29) is 5.89 Å². The lowest BCUT2D eigenvalue weighted by Gasteiger charge is -2.01. The van der Waals surface area contributed by atoms with Crippen molar-refractivity contribution in [2.75, 3.05) is 7.11 Å². The molecule has 0 amide bonds. The van der Waals surface area contributed by atoms with Gasteiger partial charge in [-0.25, -0.2) is 9.89 Å². The molecule has 6 nitrogen and oxygen atoms in total. The summed E-state index contributed by atoms with van der Waals surface area (Å²) in [6.07, 6.45) is 1.73. The standard InChI is InChI=1S/C11H9N3O3/c1-16-8-4-2-3-7-9(8)6(5-12-7)10-13-14-11(15)17-10/h2-5,12H,1H3,(H,14,15). The number of hydrogen-bond acceptors (Lipinski definition) is 4.